The molecule has 1 N–H and O–H groups in total. The molecular formula is C20H23N5O. The standard InChI is InChI=1S/C20H23N5O/c1-3-19(16-9-12-21-13-10-16)24(4-2)20(26)23-17-7-5-8-18(15-17)25-14-6-11-22-25/h5-15,19H,3-4H2,1-2H3,(H,23,26)/t19-/m1/s1. The van der Waals surface area contributed by atoms with Gasteiger partial charge in [-0.2, -0.15) is 5.10 Å². The van der Waals surface area contributed by atoms with Crippen molar-refractivity contribution in [1.29, 1.82) is 0 Å². The van der Waals surface area contributed by atoms with Gasteiger partial charge in [0.25, 0.3) is 0 Å². The molecule has 0 fully saturated rings. The molecule has 6 nitrogen and oxygen atoms in total. The summed E-state index contributed by atoms with van der Waals surface area (Å²) in [4.78, 5) is 18.8. The first-order valence-corrected chi connectivity index (χ1v) is 8.80. The Morgan fingerprint density at radius 3 is 2.62 bits per heavy atom. The van der Waals surface area contributed by atoms with Crippen LogP contribution < -0.4 is 5.32 Å². The van der Waals surface area contributed by atoms with E-state index in [2.05, 4.69) is 22.3 Å². The number of amides is 2. The molecule has 0 saturated heterocycles. The minimum atomic E-state index is -0.117. The van der Waals surface area contributed by atoms with Gasteiger partial charge >= 0.3 is 6.03 Å². The van der Waals surface area contributed by atoms with Gasteiger partial charge in [0, 0.05) is 37.0 Å². The number of hydrogen-bond acceptors (Lipinski definition) is 3. The van der Waals surface area contributed by atoms with Crippen molar-refractivity contribution in [3.63, 3.8) is 0 Å². The molecule has 0 saturated carbocycles. The maximum Gasteiger partial charge on any atom is 0.322 e. The molecule has 0 aliphatic heterocycles. The van der Waals surface area contributed by atoms with Crippen LogP contribution in [0.1, 0.15) is 31.9 Å². The molecule has 134 valence electrons. The van der Waals surface area contributed by atoms with Gasteiger partial charge in [-0.25, -0.2) is 9.48 Å². The van der Waals surface area contributed by atoms with Crippen LogP contribution in [0.3, 0.4) is 0 Å². The Kier molecular flexibility index (Phi) is 5.63. The molecule has 2 heterocycles. The van der Waals surface area contributed by atoms with Gasteiger partial charge in [-0.3, -0.25) is 4.98 Å². The van der Waals surface area contributed by atoms with E-state index < -0.39 is 0 Å². The second-order valence-corrected chi connectivity index (χ2v) is 5.92. The highest BCUT2D eigenvalue weighted by Crippen LogP contribution is 2.24. The lowest BCUT2D eigenvalue weighted by Gasteiger charge is -2.30. The predicted octanol–water partition coefficient (Wildman–Crippen LogP) is 4.27. The number of nitrogens with one attached hydrogen (secondary N) is 1. The highest BCUT2D eigenvalue weighted by atomic mass is 16.2. The zero-order valence-corrected chi connectivity index (χ0v) is 15.0. The maximum absolute atomic E-state index is 12.9. The van der Waals surface area contributed by atoms with Gasteiger partial charge in [0.1, 0.15) is 0 Å². The van der Waals surface area contributed by atoms with E-state index in [0.717, 1.165) is 23.4 Å². The van der Waals surface area contributed by atoms with Crippen LogP contribution in [0.5, 0.6) is 0 Å². The van der Waals surface area contributed by atoms with Gasteiger partial charge in [-0.15, -0.1) is 0 Å². The Hall–Kier alpha value is -3.15. The van der Waals surface area contributed by atoms with Crippen molar-refractivity contribution in [2.45, 2.75) is 26.3 Å². The van der Waals surface area contributed by atoms with Gasteiger partial charge in [-0.1, -0.05) is 13.0 Å². The van der Waals surface area contributed by atoms with Gasteiger partial charge in [0.15, 0.2) is 0 Å². The van der Waals surface area contributed by atoms with Crippen LogP contribution >= 0.6 is 0 Å². The largest absolute Gasteiger partial charge is 0.322 e. The van der Waals surface area contributed by atoms with E-state index in [1.807, 2.05) is 60.5 Å². The van der Waals surface area contributed by atoms with Gasteiger partial charge in [0.05, 0.1) is 11.7 Å². The number of urea groups is 1. The third-order valence-corrected chi connectivity index (χ3v) is 4.32. The van der Waals surface area contributed by atoms with E-state index in [1.54, 1.807) is 23.3 Å². The Bertz CT molecular complexity index is 832. The molecule has 1 aromatic carbocycles. The Morgan fingerprint density at radius 2 is 1.96 bits per heavy atom. The van der Waals surface area contributed by atoms with Gasteiger partial charge in [-0.05, 0) is 55.3 Å². The third-order valence-electron chi connectivity index (χ3n) is 4.32. The van der Waals surface area contributed by atoms with E-state index >= 15 is 0 Å². The first kappa shape index (κ1) is 17.7. The molecule has 26 heavy (non-hydrogen) atoms. The van der Waals surface area contributed by atoms with Crippen LogP contribution in [-0.4, -0.2) is 32.2 Å². The second-order valence-electron chi connectivity index (χ2n) is 5.92. The first-order valence-electron chi connectivity index (χ1n) is 8.80. The van der Waals surface area contributed by atoms with Crippen LogP contribution in [0, 0.1) is 0 Å². The number of nitrogens with zero attached hydrogens (tertiary/aromatic N) is 4. The highest BCUT2D eigenvalue weighted by Gasteiger charge is 2.22. The number of anilines is 1. The maximum atomic E-state index is 12.9. The molecule has 0 unspecified atom stereocenters. The number of rotatable bonds is 6. The normalized spacial score (nSPS) is 11.8. The fraction of sp³-hybridized carbons (Fsp3) is 0.250. The fourth-order valence-corrected chi connectivity index (χ4v) is 3.07. The summed E-state index contributed by atoms with van der Waals surface area (Å²) >= 11 is 0. The average Bonchev–Trinajstić information content (AvgIpc) is 3.21. The zero-order chi connectivity index (χ0) is 18.4. The molecule has 2 aromatic heterocycles. The number of carbonyl (C=O) groups is 1. The van der Waals surface area contributed by atoms with Crippen LogP contribution in [0.25, 0.3) is 5.69 Å². The monoisotopic (exact) mass is 349 g/mol. The molecule has 3 aromatic rings. The lowest BCUT2D eigenvalue weighted by Crippen LogP contribution is -2.37. The molecule has 6 heteroatoms. The van der Waals surface area contributed by atoms with E-state index in [-0.39, 0.29) is 12.1 Å². The van der Waals surface area contributed by atoms with Crippen molar-refractivity contribution in [3.8, 4) is 5.69 Å². The molecule has 0 radical (unpaired) electrons. The molecule has 3 rings (SSSR count). The SMILES string of the molecule is CC[C@H](c1ccncc1)N(CC)C(=O)Nc1cccc(-n2cccn2)c1. The predicted molar refractivity (Wildman–Crippen MR) is 102 cm³/mol. The second kappa shape index (κ2) is 8.29. The summed E-state index contributed by atoms with van der Waals surface area (Å²) in [5.74, 6) is 0. The fourth-order valence-electron chi connectivity index (χ4n) is 3.07. The van der Waals surface area contributed by atoms with Crippen LogP contribution in [-0.2, 0) is 0 Å². The van der Waals surface area contributed by atoms with E-state index in [4.69, 9.17) is 0 Å². The van der Waals surface area contributed by atoms with Crippen molar-refractivity contribution in [3.05, 3.63) is 72.8 Å². The summed E-state index contributed by atoms with van der Waals surface area (Å²) in [6.45, 7) is 4.69. The number of aromatic nitrogens is 3. The minimum Gasteiger partial charge on any atom is -0.318 e. The van der Waals surface area contributed by atoms with Crippen molar-refractivity contribution >= 4 is 11.7 Å². The number of carbonyl (C=O) groups excluding carboxylic acids is 1. The minimum absolute atomic E-state index is 0.0114. The summed E-state index contributed by atoms with van der Waals surface area (Å²) in [6, 6.07) is 13.3. The molecular weight excluding hydrogens is 326 g/mol. The Morgan fingerprint density at radius 1 is 1.15 bits per heavy atom. The summed E-state index contributed by atoms with van der Waals surface area (Å²) in [5.41, 5.74) is 2.73. The summed E-state index contributed by atoms with van der Waals surface area (Å²) in [5, 5.41) is 7.24. The van der Waals surface area contributed by atoms with Crippen LogP contribution in [0.4, 0.5) is 10.5 Å². The van der Waals surface area contributed by atoms with E-state index in [9.17, 15) is 4.79 Å². The molecule has 2 amide bonds. The van der Waals surface area contributed by atoms with Crippen molar-refractivity contribution in [2.24, 2.45) is 0 Å². The van der Waals surface area contributed by atoms with E-state index in [0.29, 0.717) is 6.54 Å². The van der Waals surface area contributed by atoms with Crippen molar-refractivity contribution < 1.29 is 4.79 Å². The summed E-state index contributed by atoms with van der Waals surface area (Å²) in [7, 11) is 0. The van der Waals surface area contributed by atoms with Gasteiger partial charge < -0.3 is 10.2 Å². The van der Waals surface area contributed by atoms with Crippen molar-refractivity contribution in [2.75, 3.05) is 11.9 Å². The summed E-state index contributed by atoms with van der Waals surface area (Å²) < 4.78 is 1.76. The summed E-state index contributed by atoms with van der Waals surface area (Å²) in [6.07, 6.45) is 7.95. The van der Waals surface area contributed by atoms with Crippen molar-refractivity contribution in [1.82, 2.24) is 19.7 Å². The highest BCUT2D eigenvalue weighted by molar-refractivity contribution is 5.90. The zero-order valence-electron chi connectivity index (χ0n) is 15.0. The Balaban J connectivity index is 1.78. The number of hydrogen-bond donors (Lipinski definition) is 1. The lowest BCUT2D eigenvalue weighted by molar-refractivity contribution is 0.190. The van der Waals surface area contributed by atoms with Crippen LogP contribution in [0.2, 0.25) is 0 Å². The lowest BCUT2D eigenvalue weighted by atomic mass is 10.0. The molecule has 1 atom stereocenters. The quantitative estimate of drug-likeness (QED) is 0.723. The van der Waals surface area contributed by atoms with Gasteiger partial charge in [0.2, 0.25) is 0 Å². The first-order chi connectivity index (χ1) is 12.7. The van der Waals surface area contributed by atoms with Crippen LogP contribution in [0.15, 0.2) is 67.3 Å². The topological polar surface area (TPSA) is 63.1 Å². The molecule has 0 spiro atoms. The average molecular weight is 349 g/mol. The molecule has 0 aliphatic carbocycles. The Labute approximate surface area is 153 Å². The number of pyridine rings is 1. The molecule has 0 aliphatic rings. The molecule has 0 bridgehead atoms. The van der Waals surface area contributed by atoms with E-state index in [1.165, 1.54) is 0 Å². The number of benzene rings is 1. The third kappa shape index (κ3) is 3.91. The smallest absolute Gasteiger partial charge is 0.318 e.